The summed E-state index contributed by atoms with van der Waals surface area (Å²) in [7, 11) is 0. The van der Waals surface area contributed by atoms with Crippen molar-refractivity contribution in [2.45, 2.75) is 33.1 Å². The van der Waals surface area contributed by atoms with E-state index in [4.69, 9.17) is 21.4 Å². The number of ether oxygens (including phenoxy) is 1. The van der Waals surface area contributed by atoms with Gasteiger partial charge in [0.2, 0.25) is 0 Å². The van der Waals surface area contributed by atoms with E-state index >= 15 is 0 Å². The number of hydrogen-bond donors (Lipinski definition) is 2. The number of carbonyl (C=O) groups is 1. The van der Waals surface area contributed by atoms with Crippen LogP contribution in [0.4, 0.5) is 0 Å². The molecule has 1 heterocycles. The van der Waals surface area contributed by atoms with Crippen molar-refractivity contribution in [2.75, 3.05) is 0 Å². The maximum atomic E-state index is 10.9. The largest absolute Gasteiger partial charge is 0.481 e. The Balaban J connectivity index is 1.95. The van der Waals surface area contributed by atoms with Crippen LogP contribution in [0.15, 0.2) is 36.5 Å². The number of rotatable bonds is 5. The van der Waals surface area contributed by atoms with Crippen LogP contribution in [0.3, 0.4) is 0 Å². The van der Waals surface area contributed by atoms with Gasteiger partial charge in [-0.25, -0.2) is 0 Å². The van der Waals surface area contributed by atoms with E-state index in [9.17, 15) is 4.79 Å². The van der Waals surface area contributed by atoms with Crippen LogP contribution in [0.25, 0.3) is 10.9 Å². The quantitative estimate of drug-likeness (QED) is 0.618. The van der Waals surface area contributed by atoms with Gasteiger partial charge in [0.15, 0.2) is 0 Å². The van der Waals surface area contributed by atoms with E-state index in [2.05, 4.69) is 18.8 Å². The molecule has 1 aromatic heterocycles. The molecule has 0 spiro atoms. The Kier molecular flexibility index (Phi) is 4.73. The lowest BCUT2D eigenvalue weighted by Gasteiger charge is -2.13. The lowest BCUT2D eigenvalue weighted by molar-refractivity contribution is -0.136. The van der Waals surface area contributed by atoms with E-state index in [1.54, 1.807) is 12.1 Å². The van der Waals surface area contributed by atoms with E-state index in [1.165, 1.54) is 5.56 Å². The summed E-state index contributed by atoms with van der Waals surface area (Å²) in [5, 5.41) is 10.5. The van der Waals surface area contributed by atoms with Gasteiger partial charge in [-0.15, -0.1) is 0 Å². The van der Waals surface area contributed by atoms with Gasteiger partial charge >= 0.3 is 5.97 Å². The van der Waals surface area contributed by atoms with Crippen molar-refractivity contribution in [3.05, 3.63) is 58.2 Å². The zero-order valence-corrected chi connectivity index (χ0v) is 15.1. The molecule has 0 fully saturated rings. The summed E-state index contributed by atoms with van der Waals surface area (Å²) in [6.45, 7) is 6.16. The summed E-state index contributed by atoms with van der Waals surface area (Å²) in [6.07, 6.45) is 1.96. The molecular formula is C20H20ClNO3. The Morgan fingerprint density at radius 3 is 2.68 bits per heavy atom. The standard InChI is InChI=1S/C20H20ClNO3/c1-11(2)16-10-22-18-5-4-14(9-15(16)18)25-20-12(3)6-13(7-17(20)21)8-19(23)24/h4-7,9-11,22H,8H2,1-3H3,(H,23,24). The van der Waals surface area contributed by atoms with Crippen molar-refractivity contribution in [1.82, 2.24) is 4.98 Å². The number of benzene rings is 2. The minimum Gasteiger partial charge on any atom is -0.481 e. The fourth-order valence-electron chi connectivity index (χ4n) is 2.99. The first kappa shape index (κ1) is 17.4. The molecule has 0 bridgehead atoms. The molecule has 3 aromatic rings. The monoisotopic (exact) mass is 357 g/mol. The summed E-state index contributed by atoms with van der Waals surface area (Å²) in [5.74, 6) is 0.773. The highest BCUT2D eigenvalue weighted by atomic mass is 35.5. The summed E-state index contributed by atoms with van der Waals surface area (Å²) in [5.41, 5.74) is 3.77. The van der Waals surface area contributed by atoms with Crippen LogP contribution in [-0.4, -0.2) is 16.1 Å². The topological polar surface area (TPSA) is 62.3 Å². The molecule has 0 saturated carbocycles. The Labute approximate surface area is 151 Å². The summed E-state index contributed by atoms with van der Waals surface area (Å²) >= 11 is 6.32. The predicted octanol–water partition coefficient (Wildman–Crippen LogP) is 5.67. The molecule has 3 rings (SSSR count). The lowest BCUT2D eigenvalue weighted by Crippen LogP contribution is -2.01. The van der Waals surface area contributed by atoms with Crippen LogP contribution in [0.2, 0.25) is 5.02 Å². The Hall–Kier alpha value is -2.46. The number of aliphatic carboxylic acids is 1. The van der Waals surface area contributed by atoms with Crippen LogP contribution in [-0.2, 0) is 11.2 Å². The van der Waals surface area contributed by atoms with Gasteiger partial charge in [0.05, 0.1) is 11.4 Å². The highest BCUT2D eigenvalue weighted by Gasteiger charge is 2.13. The van der Waals surface area contributed by atoms with Crippen LogP contribution in [0.5, 0.6) is 11.5 Å². The number of carboxylic acid groups (broad SMARTS) is 1. The minimum atomic E-state index is -0.886. The highest BCUT2D eigenvalue weighted by molar-refractivity contribution is 6.32. The minimum absolute atomic E-state index is 0.0616. The number of H-pyrrole nitrogens is 1. The molecule has 0 unspecified atom stereocenters. The zero-order valence-electron chi connectivity index (χ0n) is 14.4. The number of hydrogen-bond acceptors (Lipinski definition) is 2. The third-order valence-corrected chi connectivity index (χ3v) is 4.45. The Morgan fingerprint density at radius 2 is 2.04 bits per heavy atom. The maximum absolute atomic E-state index is 10.9. The van der Waals surface area contributed by atoms with Gasteiger partial charge in [-0.3, -0.25) is 4.79 Å². The molecule has 2 aromatic carbocycles. The van der Waals surface area contributed by atoms with Gasteiger partial charge < -0.3 is 14.8 Å². The molecule has 0 radical (unpaired) electrons. The van der Waals surface area contributed by atoms with Gasteiger partial charge in [-0.1, -0.05) is 31.5 Å². The Morgan fingerprint density at radius 1 is 1.28 bits per heavy atom. The summed E-state index contributed by atoms with van der Waals surface area (Å²) in [6, 6.07) is 9.32. The third-order valence-electron chi connectivity index (χ3n) is 4.17. The Bertz CT molecular complexity index is 920. The molecule has 5 heteroatoms. The van der Waals surface area contributed by atoms with Crippen LogP contribution in [0, 0.1) is 6.92 Å². The third kappa shape index (κ3) is 3.64. The normalized spacial score (nSPS) is 11.2. The predicted molar refractivity (Wildman–Crippen MR) is 100.0 cm³/mol. The van der Waals surface area contributed by atoms with E-state index in [-0.39, 0.29) is 6.42 Å². The van der Waals surface area contributed by atoms with Gasteiger partial charge in [-0.2, -0.15) is 0 Å². The first-order valence-electron chi connectivity index (χ1n) is 8.15. The molecule has 0 aliphatic heterocycles. The number of carboxylic acids is 1. The fraction of sp³-hybridized carbons (Fsp3) is 0.250. The molecule has 0 aliphatic carbocycles. The highest BCUT2D eigenvalue weighted by Crippen LogP contribution is 2.36. The number of nitrogens with one attached hydrogen (secondary N) is 1. The van der Waals surface area contributed by atoms with Gasteiger partial charge in [0.1, 0.15) is 11.5 Å². The smallest absolute Gasteiger partial charge is 0.307 e. The first-order chi connectivity index (χ1) is 11.8. The molecular weight excluding hydrogens is 338 g/mol. The summed E-state index contributed by atoms with van der Waals surface area (Å²) in [4.78, 5) is 14.1. The van der Waals surface area contributed by atoms with Gasteiger partial charge in [0.25, 0.3) is 0 Å². The number of aryl methyl sites for hydroxylation is 1. The maximum Gasteiger partial charge on any atom is 0.307 e. The van der Waals surface area contributed by atoms with E-state index < -0.39 is 5.97 Å². The molecule has 25 heavy (non-hydrogen) atoms. The second kappa shape index (κ2) is 6.81. The van der Waals surface area contributed by atoms with Crippen LogP contribution >= 0.6 is 11.6 Å². The van der Waals surface area contributed by atoms with Gasteiger partial charge in [-0.05, 0) is 53.8 Å². The van der Waals surface area contributed by atoms with Crippen molar-refractivity contribution >= 4 is 28.5 Å². The van der Waals surface area contributed by atoms with Crippen molar-refractivity contribution in [2.24, 2.45) is 0 Å². The average Bonchev–Trinajstić information content (AvgIpc) is 2.93. The molecule has 130 valence electrons. The molecule has 2 N–H and O–H groups in total. The lowest BCUT2D eigenvalue weighted by atomic mass is 10.0. The number of aromatic nitrogens is 1. The van der Waals surface area contributed by atoms with Crippen molar-refractivity contribution in [1.29, 1.82) is 0 Å². The van der Waals surface area contributed by atoms with Crippen LogP contribution < -0.4 is 4.74 Å². The van der Waals surface area contributed by atoms with Crippen molar-refractivity contribution < 1.29 is 14.6 Å². The molecule has 0 aliphatic rings. The summed E-state index contributed by atoms with van der Waals surface area (Å²) < 4.78 is 6.02. The van der Waals surface area contributed by atoms with Crippen molar-refractivity contribution in [3.63, 3.8) is 0 Å². The molecule has 4 nitrogen and oxygen atoms in total. The van der Waals surface area contributed by atoms with Crippen LogP contribution in [0.1, 0.15) is 36.5 Å². The molecule has 0 saturated heterocycles. The number of fused-ring (bicyclic) bond motifs is 1. The first-order valence-corrected chi connectivity index (χ1v) is 8.52. The zero-order chi connectivity index (χ0) is 18.1. The molecule has 0 atom stereocenters. The SMILES string of the molecule is Cc1cc(CC(=O)O)cc(Cl)c1Oc1ccc2[nH]cc(C(C)C)c2c1. The second-order valence-corrected chi connectivity index (χ2v) is 6.91. The van der Waals surface area contributed by atoms with Gasteiger partial charge in [0, 0.05) is 17.1 Å². The van der Waals surface area contributed by atoms with E-state index in [0.29, 0.717) is 28.0 Å². The number of aromatic amines is 1. The fourth-order valence-corrected chi connectivity index (χ4v) is 3.32. The number of halogens is 1. The van der Waals surface area contributed by atoms with E-state index in [0.717, 1.165) is 16.5 Å². The van der Waals surface area contributed by atoms with E-state index in [1.807, 2.05) is 31.3 Å². The second-order valence-electron chi connectivity index (χ2n) is 6.50. The van der Waals surface area contributed by atoms with Crippen molar-refractivity contribution in [3.8, 4) is 11.5 Å². The molecule has 0 amide bonds. The average molecular weight is 358 g/mol.